The minimum Gasteiger partial charge on any atom is -0.369 e. The second-order valence-electron chi connectivity index (χ2n) is 7.61. The first-order chi connectivity index (χ1) is 12.5. The van der Waals surface area contributed by atoms with Crippen LogP contribution in [-0.4, -0.2) is 30.9 Å². The van der Waals surface area contributed by atoms with Crippen molar-refractivity contribution in [3.8, 4) is 0 Å². The molecule has 2 unspecified atom stereocenters. The molecule has 0 aliphatic heterocycles. The Hall–Kier alpha value is -1.09. The number of allylic oxidation sites excluding steroid dienone is 4. The molecule has 26 heavy (non-hydrogen) atoms. The van der Waals surface area contributed by atoms with Gasteiger partial charge in [-0.3, -0.25) is 4.79 Å². The number of hydrogen-bond donors (Lipinski definition) is 1. The summed E-state index contributed by atoms with van der Waals surface area (Å²) in [7, 11) is 4.08. The smallest absolute Gasteiger partial charge is 0.222 e. The van der Waals surface area contributed by atoms with Crippen LogP contribution in [0.4, 0.5) is 0 Å². The predicted molar refractivity (Wildman–Crippen MR) is 115 cm³/mol. The van der Waals surface area contributed by atoms with E-state index in [2.05, 4.69) is 43.1 Å². The number of hydrogen-bond acceptors (Lipinski definition) is 2. The minimum atomic E-state index is -0.142. The van der Waals surface area contributed by atoms with Gasteiger partial charge in [-0.1, -0.05) is 70.3 Å². The highest BCUT2D eigenvalue weighted by molar-refractivity contribution is 5.77. The first-order valence-electron chi connectivity index (χ1n) is 10.8. The van der Waals surface area contributed by atoms with E-state index >= 15 is 0 Å². The van der Waals surface area contributed by atoms with E-state index in [1.54, 1.807) is 0 Å². The molecule has 0 aromatic carbocycles. The Morgan fingerprint density at radius 2 is 1.46 bits per heavy atom. The van der Waals surface area contributed by atoms with Gasteiger partial charge in [0.25, 0.3) is 0 Å². The molecule has 0 spiro atoms. The Morgan fingerprint density at radius 1 is 0.885 bits per heavy atom. The summed E-state index contributed by atoms with van der Waals surface area (Å²) in [4.78, 5) is 13.9. The fourth-order valence-corrected chi connectivity index (χ4v) is 3.53. The summed E-state index contributed by atoms with van der Waals surface area (Å²) in [6.45, 7) is 4.38. The summed E-state index contributed by atoms with van der Waals surface area (Å²) >= 11 is 0. The van der Waals surface area contributed by atoms with Crippen molar-refractivity contribution < 1.29 is 4.79 Å². The van der Waals surface area contributed by atoms with Gasteiger partial charge in [-0.25, -0.2) is 0 Å². The topological polar surface area (TPSA) is 46.3 Å². The number of unbranched alkanes of at least 4 members (excludes halogenated alkanes) is 7. The molecule has 0 bridgehead atoms. The Labute approximate surface area is 163 Å². The molecule has 0 heterocycles. The van der Waals surface area contributed by atoms with Gasteiger partial charge in [-0.05, 0) is 59.0 Å². The van der Waals surface area contributed by atoms with Crippen molar-refractivity contribution in [2.24, 2.45) is 11.7 Å². The molecule has 2 atom stereocenters. The summed E-state index contributed by atoms with van der Waals surface area (Å²) in [5, 5.41) is 0. The van der Waals surface area contributed by atoms with Crippen molar-refractivity contribution in [3.05, 3.63) is 24.3 Å². The molecule has 152 valence electrons. The van der Waals surface area contributed by atoms with E-state index < -0.39 is 0 Å². The van der Waals surface area contributed by atoms with E-state index in [1.165, 1.54) is 44.9 Å². The summed E-state index contributed by atoms with van der Waals surface area (Å²) in [5.41, 5.74) is 5.62. The van der Waals surface area contributed by atoms with Crippen LogP contribution < -0.4 is 5.73 Å². The highest BCUT2D eigenvalue weighted by atomic mass is 16.1. The number of primary amides is 1. The van der Waals surface area contributed by atoms with Gasteiger partial charge in [0.1, 0.15) is 0 Å². The molecule has 0 saturated heterocycles. The Kier molecular flexibility index (Phi) is 16.6. The average molecular weight is 365 g/mol. The van der Waals surface area contributed by atoms with Crippen molar-refractivity contribution in [1.82, 2.24) is 4.90 Å². The quantitative estimate of drug-likeness (QED) is 0.260. The molecular weight excluding hydrogens is 320 g/mol. The zero-order chi connectivity index (χ0) is 19.6. The number of nitrogens with two attached hydrogens (primary N) is 1. The lowest BCUT2D eigenvalue weighted by Crippen LogP contribution is -2.41. The second-order valence-corrected chi connectivity index (χ2v) is 7.61. The molecule has 1 amide bonds. The third-order valence-corrected chi connectivity index (χ3v) is 5.13. The molecular formula is C23H44N2O. The molecule has 0 aliphatic carbocycles. The SMILES string of the molecule is CCCCC/C=C\C/C=C\CCCCCCC(C(N)=O)C(CC)N(C)C. The minimum absolute atomic E-state index is 0.0148. The van der Waals surface area contributed by atoms with Gasteiger partial charge in [0, 0.05) is 6.04 Å². The van der Waals surface area contributed by atoms with Gasteiger partial charge >= 0.3 is 0 Å². The van der Waals surface area contributed by atoms with Gasteiger partial charge in [0.2, 0.25) is 5.91 Å². The molecule has 3 nitrogen and oxygen atoms in total. The normalized spacial score (nSPS) is 14.5. The highest BCUT2D eigenvalue weighted by Gasteiger charge is 2.26. The van der Waals surface area contributed by atoms with Crippen molar-refractivity contribution >= 4 is 5.91 Å². The lowest BCUT2D eigenvalue weighted by Gasteiger charge is -2.29. The Balaban J connectivity index is 3.73. The zero-order valence-corrected chi connectivity index (χ0v) is 17.9. The van der Waals surface area contributed by atoms with E-state index in [4.69, 9.17) is 5.73 Å². The third kappa shape index (κ3) is 13.2. The largest absolute Gasteiger partial charge is 0.369 e. The van der Waals surface area contributed by atoms with E-state index in [0.717, 1.165) is 32.1 Å². The lowest BCUT2D eigenvalue weighted by molar-refractivity contribution is -0.124. The number of amides is 1. The van der Waals surface area contributed by atoms with Gasteiger partial charge < -0.3 is 10.6 Å². The monoisotopic (exact) mass is 364 g/mol. The number of nitrogens with zero attached hydrogens (tertiary/aromatic N) is 1. The van der Waals surface area contributed by atoms with E-state index in [0.29, 0.717) is 0 Å². The van der Waals surface area contributed by atoms with E-state index in [1.807, 2.05) is 14.1 Å². The van der Waals surface area contributed by atoms with Crippen molar-refractivity contribution in [3.63, 3.8) is 0 Å². The molecule has 0 aromatic heterocycles. The number of carbonyl (C=O) groups is 1. The van der Waals surface area contributed by atoms with Crippen LogP contribution in [0.3, 0.4) is 0 Å². The van der Waals surface area contributed by atoms with Gasteiger partial charge in [0.15, 0.2) is 0 Å². The first-order valence-corrected chi connectivity index (χ1v) is 10.8. The Morgan fingerprint density at radius 3 is 1.96 bits per heavy atom. The molecule has 2 N–H and O–H groups in total. The van der Waals surface area contributed by atoms with Crippen LogP contribution in [0.2, 0.25) is 0 Å². The van der Waals surface area contributed by atoms with Crippen LogP contribution in [0.25, 0.3) is 0 Å². The highest BCUT2D eigenvalue weighted by Crippen LogP contribution is 2.20. The fourth-order valence-electron chi connectivity index (χ4n) is 3.53. The summed E-state index contributed by atoms with van der Waals surface area (Å²) < 4.78 is 0. The maximum absolute atomic E-state index is 11.8. The molecule has 3 heteroatoms. The fraction of sp³-hybridized carbons (Fsp3) is 0.783. The molecule has 0 radical (unpaired) electrons. The van der Waals surface area contributed by atoms with Gasteiger partial charge in [0.05, 0.1) is 5.92 Å². The van der Waals surface area contributed by atoms with Gasteiger partial charge in [-0.2, -0.15) is 0 Å². The van der Waals surface area contributed by atoms with Crippen LogP contribution in [-0.2, 0) is 4.79 Å². The van der Waals surface area contributed by atoms with Crippen molar-refractivity contribution in [1.29, 1.82) is 0 Å². The van der Waals surface area contributed by atoms with Crippen molar-refractivity contribution in [2.45, 2.75) is 96.9 Å². The molecule has 0 fully saturated rings. The number of carbonyl (C=O) groups excluding carboxylic acids is 1. The molecule has 0 saturated carbocycles. The van der Waals surface area contributed by atoms with Crippen LogP contribution in [0, 0.1) is 5.92 Å². The number of rotatable bonds is 17. The second kappa shape index (κ2) is 17.3. The van der Waals surface area contributed by atoms with Crippen LogP contribution in [0.15, 0.2) is 24.3 Å². The van der Waals surface area contributed by atoms with E-state index in [9.17, 15) is 4.79 Å². The molecule has 0 aromatic rings. The average Bonchev–Trinajstić information content (AvgIpc) is 2.60. The maximum atomic E-state index is 11.8. The predicted octanol–water partition coefficient (Wildman–Crippen LogP) is 5.85. The maximum Gasteiger partial charge on any atom is 0.222 e. The zero-order valence-electron chi connectivity index (χ0n) is 17.9. The van der Waals surface area contributed by atoms with Crippen LogP contribution in [0.5, 0.6) is 0 Å². The Bertz CT molecular complexity index is 388. The summed E-state index contributed by atoms with van der Waals surface area (Å²) in [6, 6.07) is 0.269. The van der Waals surface area contributed by atoms with Crippen LogP contribution >= 0.6 is 0 Å². The standard InChI is InChI=1S/C23H44N2O/c1-5-7-8-9-10-11-12-13-14-15-16-17-18-19-20-21(23(24)26)22(6-2)25(3)4/h10-11,13-14,21-22H,5-9,12,15-20H2,1-4H3,(H2,24,26)/b11-10-,14-13-. The molecule has 0 rings (SSSR count). The third-order valence-electron chi connectivity index (χ3n) is 5.13. The van der Waals surface area contributed by atoms with Crippen molar-refractivity contribution in [2.75, 3.05) is 14.1 Å². The van der Waals surface area contributed by atoms with E-state index in [-0.39, 0.29) is 17.9 Å². The van der Waals surface area contributed by atoms with Crippen LogP contribution in [0.1, 0.15) is 90.9 Å². The lowest BCUT2D eigenvalue weighted by atomic mass is 9.90. The summed E-state index contributed by atoms with van der Waals surface area (Å²) in [6.07, 6.45) is 23.3. The molecule has 0 aliphatic rings. The first kappa shape index (κ1) is 24.9. The summed E-state index contributed by atoms with van der Waals surface area (Å²) in [5.74, 6) is -0.157. The van der Waals surface area contributed by atoms with Gasteiger partial charge in [-0.15, -0.1) is 0 Å².